The van der Waals surface area contributed by atoms with Crippen molar-refractivity contribution in [3.05, 3.63) is 0 Å². The van der Waals surface area contributed by atoms with Crippen molar-refractivity contribution in [3.63, 3.8) is 0 Å². The maximum atomic E-state index is 11.6. The minimum atomic E-state index is -4.26. The molecule has 0 bridgehead atoms. The van der Waals surface area contributed by atoms with Gasteiger partial charge in [0.05, 0.1) is 11.9 Å². The number of halogens is 7. The van der Waals surface area contributed by atoms with Crippen molar-refractivity contribution in [1.82, 2.24) is 0 Å². The molecule has 0 aliphatic carbocycles. The van der Waals surface area contributed by atoms with Crippen LogP contribution in [-0.2, 0) is 37.2 Å². The Morgan fingerprint density at radius 1 is 0.824 bits per heavy atom. The van der Waals surface area contributed by atoms with Gasteiger partial charge in [0.15, 0.2) is 11.1 Å². The molecule has 0 N–H and O–H groups in total. The molecule has 0 aromatic heterocycles. The quantitative estimate of drug-likeness (QED) is 0.304. The monoisotopic (exact) mass is 456 g/mol. The van der Waals surface area contributed by atoms with Crippen LogP contribution in [-0.4, -0.2) is 20.8 Å². The van der Waals surface area contributed by atoms with Crippen LogP contribution in [0.5, 0.6) is 0 Å². The van der Waals surface area contributed by atoms with E-state index in [0.717, 1.165) is 0 Å². The Labute approximate surface area is 146 Å². The summed E-state index contributed by atoms with van der Waals surface area (Å²) in [6, 6.07) is 0. The molecule has 4 nitrogen and oxygen atoms in total. The van der Waals surface area contributed by atoms with Crippen LogP contribution in [0.2, 0.25) is 0 Å². The molecule has 2 atom stereocenters. The fourth-order valence-corrected chi connectivity index (χ4v) is 2.52. The van der Waals surface area contributed by atoms with Crippen molar-refractivity contribution in [2.75, 3.05) is 0 Å². The number of alkyl halides is 6. The second kappa shape index (κ2) is 10.5. The number of hydrogen-bond acceptors (Lipinski definition) is 4. The molecule has 0 aromatic rings. The van der Waals surface area contributed by atoms with E-state index in [-0.39, 0.29) is 19.5 Å². The molecule has 0 aliphatic heterocycles. The summed E-state index contributed by atoms with van der Waals surface area (Å²) in [7, 11) is -4.26. The van der Waals surface area contributed by atoms with Crippen molar-refractivity contribution in [3.8, 4) is 0 Å². The standard InChI is InChI=1S/C4H4Cl7O4P.Zn/c5-1(6)3(9)13-16(12,15-11)14-4(10)2(7)8;/h1-4H;. The van der Waals surface area contributed by atoms with E-state index >= 15 is 0 Å². The predicted octanol–water partition coefficient (Wildman–Crippen LogP) is 5.03. The van der Waals surface area contributed by atoms with Crippen LogP contribution in [0.1, 0.15) is 0 Å². The number of phosphoric acid groups is 1. The Kier molecular flexibility index (Phi) is 13.6. The third-order valence-electron chi connectivity index (χ3n) is 0.940. The molecule has 13 heteroatoms. The largest absolute Gasteiger partial charge is 0.494 e. The summed E-state index contributed by atoms with van der Waals surface area (Å²) in [5, 5.41) is 0. The number of rotatable bonds is 7. The number of hydrogen-bond donors (Lipinski definition) is 0. The van der Waals surface area contributed by atoms with E-state index < -0.39 is 28.6 Å². The van der Waals surface area contributed by atoms with Crippen LogP contribution < -0.4 is 0 Å². The first kappa shape index (κ1) is 22.1. The van der Waals surface area contributed by atoms with E-state index in [4.69, 9.17) is 81.5 Å². The zero-order valence-corrected chi connectivity index (χ0v) is 16.9. The predicted molar refractivity (Wildman–Crippen MR) is 67.0 cm³/mol. The second-order valence-corrected chi connectivity index (χ2v) is 7.15. The van der Waals surface area contributed by atoms with Gasteiger partial charge in [-0.1, -0.05) is 23.2 Å². The Morgan fingerprint density at radius 2 is 1.12 bits per heavy atom. The van der Waals surface area contributed by atoms with Gasteiger partial charge in [-0.3, -0.25) is 9.05 Å². The first-order chi connectivity index (χ1) is 7.22. The van der Waals surface area contributed by atoms with Gasteiger partial charge in [0.2, 0.25) is 0 Å². The molecular weight excluding hydrogens is 457 g/mol. The molecule has 0 rings (SSSR count). The zero-order valence-electron chi connectivity index (χ0n) is 7.74. The molecule has 0 fully saturated rings. The summed E-state index contributed by atoms with van der Waals surface area (Å²) in [4.78, 5) is -2.39. The summed E-state index contributed by atoms with van der Waals surface area (Å²) in [6.45, 7) is 0. The van der Waals surface area contributed by atoms with E-state index in [9.17, 15) is 4.57 Å². The third kappa shape index (κ3) is 9.34. The van der Waals surface area contributed by atoms with Gasteiger partial charge in [-0.05, 0) is 0 Å². The summed E-state index contributed by atoms with van der Waals surface area (Å²) >= 11 is 37.2. The van der Waals surface area contributed by atoms with Crippen molar-refractivity contribution in [2.24, 2.45) is 0 Å². The Hall–Kier alpha value is 2.76. The van der Waals surface area contributed by atoms with Crippen LogP contribution in [0.3, 0.4) is 0 Å². The van der Waals surface area contributed by atoms with Gasteiger partial charge >= 0.3 is 7.82 Å². The van der Waals surface area contributed by atoms with Crippen molar-refractivity contribution < 1.29 is 37.2 Å². The molecule has 0 saturated heterocycles. The molecule has 100 valence electrons. The van der Waals surface area contributed by atoms with Crippen molar-refractivity contribution >= 4 is 89.3 Å². The first-order valence-corrected chi connectivity index (χ1v) is 7.72. The topological polar surface area (TPSA) is 44.8 Å². The van der Waals surface area contributed by atoms with Crippen LogP contribution >= 0.6 is 89.3 Å². The van der Waals surface area contributed by atoms with Gasteiger partial charge in [0.25, 0.3) is 0 Å². The van der Waals surface area contributed by atoms with Crippen LogP contribution in [0.25, 0.3) is 0 Å². The van der Waals surface area contributed by atoms with E-state index in [1.807, 2.05) is 0 Å². The minimum absolute atomic E-state index is 0. The summed E-state index contributed by atoms with van der Waals surface area (Å²) in [5.74, 6) is 0. The van der Waals surface area contributed by atoms with Gasteiger partial charge in [-0.2, -0.15) is 4.08 Å². The average Bonchev–Trinajstić information content (AvgIpc) is 2.17. The Balaban J connectivity index is 0. The smallest absolute Gasteiger partial charge is 0.263 e. The van der Waals surface area contributed by atoms with Crippen molar-refractivity contribution in [1.29, 1.82) is 0 Å². The SMILES string of the molecule is O=P(OCl)(OC(Cl)C(Cl)Cl)OC(Cl)C(Cl)Cl.[Zn]. The molecule has 0 radical (unpaired) electrons. The van der Waals surface area contributed by atoms with E-state index in [0.29, 0.717) is 0 Å². The fraction of sp³-hybridized carbons (Fsp3) is 1.00. The van der Waals surface area contributed by atoms with Crippen LogP contribution in [0, 0.1) is 0 Å². The minimum Gasteiger partial charge on any atom is -0.263 e. The molecule has 17 heavy (non-hydrogen) atoms. The molecule has 0 heterocycles. The van der Waals surface area contributed by atoms with Gasteiger partial charge in [0, 0.05) is 19.5 Å². The number of phosphoric ester groups is 1. The summed E-state index contributed by atoms with van der Waals surface area (Å²) < 4.78 is 24.7. The molecule has 0 aliphatic rings. The first-order valence-electron chi connectivity index (χ1n) is 3.33. The fourth-order valence-electron chi connectivity index (χ4n) is 0.396. The van der Waals surface area contributed by atoms with Crippen molar-refractivity contribution in [2.45, 2.75) is 20.8 Å². The average molecular weight is 461 g/mol. The Morgan fingerprint density at radius 3 is 1.29 bits per heavy atom. The van der Waals surface area contributed by atoms with E-state index in [1.165, 1.54) is 0 Å². The van der Waals surface area contributed by atoms with E-state index in [2.05, 4.69) is 13.1 Å². The van der Waals surface area contributed by atoms with Gasteiger partial charge in [-0.25, -0.2) is 4.57 Å². The molecule has 0 spiro atoms. The molecule has 2 unspecified atom stereocenters. The third-order valence-corrected chi connectivity index (χ3v) is 4.95. The summed E-state index contributed by atoms with van der Waals surface area (Å²) in [6.07, 6.45) is 0. The Bertz CT molecular complexity index is 236. The molecule has 0 amide bonds. The van der Waals surface area contributed by atoms with Crippen LogP contribution in [0.15, 0.2) is 0 Å². The molecule has 0 aromatic carbocycles. The zero-order chi connectivity index (χ0) is 12.9. The van der Waals surface area contributed by atoms with Gasteiger partial charge < -0.3 is 0 Å². The normalized spacial score (nSPS) is 18.6. The maximum Gasteiger partial charge on any atom is 0.494 e. The second-order valence-electron chi connectivity index (χ2n) is 2.10. The summed E-state index contributed by atoms with van der Waals surface area (Å²) in [5.41, 5.74) is -2.78. The van der Waals surface area contributed by atoms with E-state index in [1.54, 1.807) is 0 Å². The van der Waals surface area contributed by atoms with Gasteiger partial charge in [-0.15, -0.1) is 46.4 Å². The maximum absolute atomic E-state index is 11.6. The molecule has 0 saturated carbocycles. The van der Waals surface area contributed by atoms with Crippen LogP contribution in [0.4, 0.5) is 0 Å². The molecular formula is C4H4Cl7O4PZn. The van der Waals surface area contributed by atoms with Gasteiger partial charge in [0.1, 0.15) is 9.67 Å².